The summed E-state index contributed by atoms with van der Waals surface area (Å²) < 4.78 is 0. The standard InChI is InChI=1S/C33H36O4/c1-18-7-9-30(34)26(11-18)16-28-22(5)24(13-20(3)32(28)36)15-25-14-21(4)33(37)29(23(25)6)17-27-12-19(2)8-10-31(27)35/h8-14,34-37H,1,7,15-17H2,2-6H3. The molecule has 4 heteroatoms. The molecular weight excluding hydrogens is 460 g/mol. The molecule has 0 amide bonds. The second kappa shape index (κ2) is 10.2. The van der Waals surface area contributed by atoms with Crippen LogP contribution in [0.15, 0.2) is 66.0 Å². The van der Waals surface area contributed by atoms with Crippen LogP contribution in [0.1, 0.15) is 62.1 Å². The molecule has 4 rings (SSSR count). The van der Waals surface area contributed by atoms with E-state index in [0.29, 0.717) is 25.7 Å². The van der Waals surface area contributed by atoms with Crippen LogP contribution >= 0.6 is 0 Å². The topological polar surface area (TPSA) is 80.9 Å². The van der Waals surface area contributed by atoms with E-state index in [1.54, 1.807) is 12.1 Å². The molecule has 0 aliphatic heterocycles. The second-order valence-electron chi connectivity index (χ2n) is 10.4. The fourth-order valence-electron chi connectivity index (χ4n) is 5.22. The van der Waals surface area contributed by atoms with Crippen molar-refractivity contribution in [3.63, 3.8) is 0 Å². The van der Waals surface area contributed by atoms with Gasteiger partial charge in [-0.1, -0.05) is 48.1 Å². The average molecular weight is 497 g/mol. The molecule has 0 saturated carbocycles. The third-order valence-corrected chi connectivity index (χ3v) is 7.58. The molecule has 37 heavy (non-hydrogen) atoms. The van der Waals surface area contributed by atoms with Crippen LogP contribution in [-0.2, 0) is 19.3 Å². The summed E-state index contributed by atoms with van der Waals surface area (Å²) in [6.07, 6.45) is 5.77. The predicted molar refractivity (Wildman–Crippen MR) is 150 cm³/mol. The van der Waals surface area contributed by atoms with Crippen molar-refractivity contribution in [3.8, 4) is 17.2 Å². The highest BCUT2D eigenvalue weighted by Gasteiger charge is 2.20. The number of aliphatic hydroxyl groups excluding tert-OH is 1. The maximum absolute atomic E-state index is 10.9. The first kappa shape index (κ1) is 26.2. The zero-order valence-electron chi connectivity index (χ0n) is 22.4. The molecule has 1 aliphatic carbocycles. The Bertz CT molecular complexity index is 1470. The molecule has 3 aromatic carbocycles. The SMILES string of the molecule is C=C1C=C(Cc2c(C)c(Cc3cc(C)c(O)c(Cc4cc(C)ccc4O)c3C)cc(C)c2O)C(O)=CC1. The molecule has 0 saturated heterocycles. The van der Waals surface area contributed by atoms with Gasteiger partial charge in [0, 0.05) is 24.0 Å². The Kier molecular flexibility index (Phi) is 7.22. The average Bonchev–Trinajstić information content (AvgIpc) is 2.85. The van der Waals surface area contributed by atoms with Crippen LogP contribution in [0.3, 0.4) is 0 Å². The normalized spacial score (nSPS) is 13.5. The molecule has 0 radical (unpaired) electrons. The number of hydrogen-bond acceptors (Lipinski definition) is 4. The monoisotopic (exact) mass is 496 g/mol. The van der Waals surface area contributed by atoms with Crippen LogP contribution < -0.4 is 0 Å². The van der Waals surface area contributed by atoms with E-state index in [9.17, 15) is 20.4 Å². The van der Waals surface area contributed by atoms with Gasteiger partial charge in [0.05, 0.1) is 0 Å². The third-order valence-electron chi connectivity index (χ3n) is 7.58. The number of hydrogen-bond donors (Lipinski definition) is 4. The molecule has 3 aromatic rings. The number of aliphatic hydroxyl groups is 1. The van der Waals surface area contributed by atoms with Gasteiger partial charge in [0.15, 0.2) is 0 Å². The van der Waals surface area contributed by atoms with Gasteiger partial charge < -0.3 is 20.4 Å². The number of phenols is 3. The second-order valence-corrected chi connectivity index (χ2v) is 10.4. The van der Waals surface area contributed by atoms with Crippen molar-refractivity contribution in [2.45, 2.75) is 60.3 Å². The summed E-state index contributed by atoms with van der Waals surface area (Å²) in [5, 5.41) is 42.7. The fourth-order valence-corrected chi connectivity index (χ4v) is 5.22. The van der Waals surface area contributed by atoms with Crippen molar-refractivity contribution in [2.24, 2.45) is 0 Å². The van der Waals surface area contributed by atoms with E-state index in [2.05, 4.69) is 6.58 Å². The smallest absolute Gasteiger partial charge is 0.122 e. The Morgan fingerprint density at radius 1 is 0.703 bits per heavy atom. The van der Waals surface area contributed by atoms with Crippen LogP contribution in [0, 0.1) is 34.6 Å². The van der Waals surface area contributed by atoms with Crippen molar-refractivity contribution in [1.29, 1.82) is 0 Å². The van der Waals surface area contributed by atoms with E-state index in [1.165, 1.54) is 0 Å². The van der Waals surface area contributed by atoms with E-state index in [0.717, 1.165) is 66.8 Å². The van der Waals surface area contributed by atoms with E-state index in [1.807, 2.05) is 65.0 Å². The summed E-state index contributed by atoms with van der Waals surface area (Å²) >= 11 is 0. The van der Waals surface area contributed by atoms with E-state index in [4.69, 9.17) is 0 Å². The number of benzene rings is 3. The lowest BCUT2D eigenvalue weighted by molar-refractivity contribution is 0.415. The predicted octanol–water partition coefficient (Wildman–Crippen LogP) is 7.40. The molecule has 0 fully saturated rings. The summed E-state index contributed by atoms with van der Waals surface area (Å²) in [5.74, 6) is 0.968. The lowest BCUT2D eigenvalue weighted by Gasteiger charge is -2.21. The quantitative estimate of drug-likeness (QED) is 0.287. The highest BCUT2D eigenvalue weighted by Crippen LogP contribution is 2.37. The molecule has 0 spiro atoms. The molecule has 0 aromatic heterocycles. The van der Waals surface area contributed by atoms with Crippen molar-refractivity contribution in [1.82, 2.24) is 0 Å². The summed E-state index contributed by atoms with van der Waals surface area (Å²) in [6.45, 7) is 13.8. The number of phenolic OH excluding ortho intramolecular Hbond substituents is 3. The zero-order chi connectivity index (χ0) is 27.0. The molecule has 1 aliphatic rings. The summed E-state index contributed by atoms with van der Waals surface area (Å²) in [5.41, 5.74) is 10.8. The van der Waals surface area contributed by atoms with Gasteiger partial charge in [0.2, 0.25) is 0 Å². The summed E-state index contributed by atoms with van der Waals surface area (Å²) in [4.78, 5) is 0. The number of aromatic hydroxyl groups is 3. The minimum Gasteiger partial charge on any atom is -0.508 e. The molecule has 4 nitrogen and oxygen atoms in total. The van der Waals surface area contributed by atoms with Crippen molar-refractivity contribution >= 4 is 0 Å². The molecular formula is C33H36O4. The molecule has 0 bridgehead atoms. The lowest BCUT2D eigenvalue weighted by atomic mass is 9.86. The van der Waals surface area contributed by atoms with Gasteiger partial charge in [0.25, 0.3) is 0 Å². The van der Waals surface area contributed by atoms with Crippen molar-refractivity contribution < 1.29 is 20.4 Å². The highest BCUT2D eigenvalue weighted by molar-refractivity contribution is 5.57. The Morgan fingerprint density at radius 2 is 1.27 bits per heavy atom. The van der Waals surface area contributed by atoms with Crippen molar-refractivity contribution in [3.05, 3.63) is 122 Å². The minimum absolute atomic E-state index is 0.221. The van der Waals surface area contributed by atoms with Gasteiger partial charge in [-0.25, -0.2) is 0 Å². The Hall–Kier alpha value is -3.92. The van der Waals surface area contributed by atoms with E-state index in [-0.39, 0.29) is 23.0 Å². The van der Waals surface area contributed by atoms with Gasteiger partial charge in [-0.15, -0.1) is 0 Å². The van der Waals surface area contributed by atoms with Crippen LogP contribution in [-0.4, -0.2) is 20.4 Å². The van der Waals surface area contributed by atoms with E-state index >= 15 is 0 Å². The first-order valence-corrected chi connectivity index (χ1v) is 12.6. The Labute approximate surface area is 219 Å². The Balaban J connectivity index is 1.74. The first-order chi connectivity index (χ1) is 17.5. The van der Waals surface area contributed by atoms with Crippen LogP contribution in [0.2, 0.25) is 0 Å². The van der Waals surface area contributed by atoms with Gasteiger partial charge >= 0.3 is 0 Å². The van der Waals surface area contributed by atoms with Crippen LogP contribution in [0.25, 0.3) is 0 Å². The van der Waals surface area contributed by atoms with Crippen LogP contribution in [0.4, 0.5) is 0 Å². The zero-order valence-corrected chi connectivity index (χ0v) is 22.4. The fraction of sp³-hybridized carbons (Fsp3) is 0.273. The third kappa shape index (κ3) is 5.29. The molecule has 0 heterocycles. The van der Waals surface area contributed by atoms with Crippen molar-refractivity contribution in [2.75, 3.05) is 0 Å². The van der Waals surface area contributed by atoms with Gasteiger partial charge in [-0.05, 0) is 104 Å². The largest absolute Gasteiger partial charge is 0.508 e. The summed E-state index contributed by atoms with van der Waals surface area (Å²) in [7, 11) is 0. The highest BCUT2D eigenvalue weighted by atomic mass is 16.3. The summed E-state index contributed by atoms with van der Waals surface area (Å²) in [6, 6.07) is 9.56. The van der Waals surface area contributed by atoms with Gasteiger partial charge in [-0.3, -0.25) is 0 Å². The maximum Gasteiger partial charge on any atom is 0.122 e. The molecule has 0 unspecified atom stereocenters. The molecule has 192 valence electrons. The number of aryl methyl sites for hydroxylation is 3. The molecule has 0 atom stereocenters. The van der Waals surface area contributed by atoms with Crippen LogP contribution in [0.5, 0.6) is 17.2 Å². The van der Waals surface area contributed by atoms with E-state index < -0.39 is 0 Å². The maximum atomic E-state index is 10.9. The van der Waals surface area contributed by atoms with Gasteiger partial charge in [0.1, 0.15) is 23.0 Å². The molecule has 4 N–H and O–H groups in total. The minimum atomic E-state index is 0.221. The number of allylic oxidation sites excluding steroid dienone is 4. The Morgan fingerprint density at radius 3 is 1.86 bits per heavy atom. The lowest BCUT2D eigenvalue weighted by Crippen LogP contribution is -2.06. The number of rotatable bonds is 6. The first-order valence-electron chi connectivity index (χ1n) is 12.6. The van der Waals surface area contributed by atoms with Gasteiger partial charge in [-0.2, -0.15) is 0 Å².